The summed E-state index contributed by atoms with van der Waals surface area (Å²) < 4.78 is 5.00. The molecule has 2 aromatic heterocycles. The Morgan fingerprint density at radius 1 is 1.08 bits per heavy atom. The van der Waals surface area contributed by atoms with E-state index in [9.17, 15) is 4.79 Å². The maximum absolute atomic E-state index is 12.5. The van der Waals surface area contributed by atoms with Crippen molar-refractivity contribution in [2.24, 2.45) is 0 Å². The molecule has 0 bridgehead atoms. The maximum Gasteiger partial charge on any atom is 0.255 e. The molecule has 0 radical (unpaired) electrons. The van der Waals surface area contributed by atoms with E-state index in [1.54, 1.807) is 12.4 Å². The highest BCUT2D eigenvalue weighted by atomic mass is 16.3. The van der Waals surface area contributed by atoms with Crippen molar-refractivity contribution in [3.05, 3.63) is 90.1 Å². The largest absolute Gasteiger partial charge is 0.472 e. The lowest BCUT2D eigenvalue weighted by atomic mass is 9.98. The van der Waals surface area contributed by atoms with E-state index in [4.69, 9.17) is 4.42 Å². The van der Waals surface area contributed by atoms with E-state index in [1.165, 1.54) is 12.5 Å². The molecule has 2 heterocycles. The summed E-state index contributed by atoms with van der Waals surface area (Å²) in [4.78, 5) is 19.8. The van der Waals surface area contributed by atoms with Crippen molar-refractivity contribution in [2.75, 3.05) is 0 Å². The predicted molar refractivity (Wildman–Crippen MR) is 90.6 cm³/mol. The Morgan fingerprint density at radius 2 is 1.96 bits per heavy atom. The molecule has 5 heteroatoms. The van der Waals surface area contributed by atoms with Crippen LogP contribution in [0.3, 0.4) is 0 Å². The van der Waals surface area contributed by atoms with Crippen LogP contribution in [-0.4, -0.2) is 15.9 Å². The van der Waals surface area contributed by atoms with Gasteiger partial charge in [-0.2, -0.15) is 0 Å². The molecule has 0 aliphatic rings. The number of nitrogens with zero attached hydrogens (tertiary/aromatic N) is 1. The van der Waals surface area contributed by atoms with E-state index in [0.29, 0.717) is 5.56 Å². The second-order valence-electron chi connectivity index (χ2n) is 5.51. The smallest absolute Gasteiger partial charge is 0.255 e. The molecule has 0 saturated heterocycles. The predicted octanol–water partition coefficient (Wildman–Crippen LogP) is 3.68. The molecule has 4 aromatic rings. The number of carbonyl (C=O) groups excluding carboxylic acids is 1. The normalized spacial score (nSPS) is 12.2. The molecule has 0 unspecified atom stereocenters. The number of H-pyrrole nitrogens is 1. The average molecular weight is 317 g/mol. The van der Waals surface area contributed by atoms with Crippen molar-refractivity contribution >= 4 is 16.9 Å². The van der Waals surface area contributed by atoms with Gasteiger partial charge < -0.3 is 14.7 Å². The Hall–Kier alpha value is -3.34. The van der Waals surface area contributed by atoms with Crippen LogP contribution in [-0.2, 0) is 0 Å². The van der Waals surface area contributed by atoms with E-state index in [2.05, 4.69) is 15.3 Å². The van der Waals surface area contributed by atoms with E-state index >= 15 is 0 Å². The molecule has 5 nitrogen and oxygen atoms in total. The van der Waals surface area contributed by atoms with Crippen molar-refractivity contribution in [2.45, 2.75) is 6.04 Å². The van der Waals surface area contributed by atoms with Gasteiger partial charge in [-0.05, 0) is 29.3 Å². The zero-order valence-electron chi connectivity index (χ0n) is 12.8. The molecule has 0 saturated carbocycles. The minimum Gasteiger partial charge on any atom is -0.472 e. The Balaban J connectivity index is 1.73. The number of nitrogens with one attached hydrogen (secondary N) is 2. The van der Waals surface area contributed by atoms with Crippen LogP contribution in [0, 0.1) is 0 Å². The molecule has 0 spiro atoms. The lowest BCUT2D eigenvalue weighted by Gasteiger charge is -2.19. The van der Waals surface area contributed by atoms with Crippen LogP contribution in [0.1, 0.15) is 27.5 Å². The number of hydrogen-bond donors (Lipinski definition) is 2. The van der Waals surface area contributed by atoms with E-state index in [-0.39, 0.29) is 11.9 Å². The van der Waals surface area contributed by atoms with Crippen molar-refractivity contribution in [3.8, 4) is 0 Å². The number of furan rings is 1. The maximum atomic E-state index is 12.5. The Kier molecular flexibility index (Phi) is 3.59. The fourth-order valence-electron chi connectivity index (χ4n) is 2.75. The van der Waals surface area contributed by atoms with Crippen LogP contribution in [0.2, 0.25) is 0 Å². The van der Waals surface area contributed by atoms with Crippen LogP contribution >= 0.6 is 0 Å². The highest BCUT2D eigenvalue weighted by Crippen LogP contribution is 2.25. The van der Waals surface area contributed by atoms with Crippen LogP contribution in [0.25, 0.3) is 11.0 Å². The summed E-state index contributed by atoms with van der Waals surface area (Å²) in [6.07, 6.45) is 4.59. The van der Waals surface area contributed by atoms with Crippen molar-refractivity contribution in [1.82, 2.24) is 15.3 Å². The molecule has 0 aliphatic heterocycles. The summed E-state index contributed by atoms with van der Waals surface area (Å²) in [5.74, 6) is -0.178. The summed E-state index contributed by atoms with van der Waals surface area (Å²) in [5.41, 5.74) is 4.32. The zero-order valence-corrected chi connectivity index (χ0v) is 12.8. The molecule has 24 heavy (non-hydrogen) atoms. The number of amides is 1. The highest BCUT2D eigenvalue weighted by molar-refractivity contribution is 5.94. The summed E-state index contributed by atoms with van der Waals surface area (Å²) in [6.45, 7) is 0. The molecule has 0 fully saturated rings. The first kappa shape index (κ1) is 14.3. The fraction of sp³-hybridized carbons (Fsp3) is 0.0526. The number of aromatic nitrogens is 2. The topological polar surface area (TPSA) is 70.9 Å². The number of aromatic amines is 1. The lowest BCUT2D eigenvalue weighted by molar-refractivity contribution is 0.0942. The van der Waals surface area contributed by atoms with Crippen molar-refractivity contribution in [1.29, 1.82) is 0 Å². The summed E-state index contributed by atoms with van der Waals surface area (Å²) in [6, 6.07) is 17.2. The number of imidazole rings is 1. The van der Waals surface area contributed by atoms with Gasteiger partial charge in [-0.25, -0.2) is 4.98 Å². The van der Waals surface area contributed by atoms with Gasteiger partial charge in [0.05, 0.1) is 35.2 Å². The molecule has 0 aliphatic carbocycles. The number of rotatable bonds is 4. The third-order valence-electron chi connectivity index (χ3n) is 3.97. The average Bonchev–Trinajstić information content (AvgIpc) is 3.31. The van der Waals surface area contributed by atoms with Gasteiger partial charge in [-0.3, -0.25) is 4.79 Å². The van der Waals surface area contributed by atoms with E-state index < -0.39 is 0 Å². The minimum absolute atomic E-state index is 0.178. The van der Waals surface area contributed by atoms with E-state index in [1.807, 2.05) is 48.5 Å². The molecule has 2 N–H and O–H groups in total. The molecule has 1 amide bonds. The molecular formula is C19H15N3O2. The van der Waals surface area contributed by atoms with E-state index in [0.717, 1.165) is 22.2 Å². The van der Waals surface area contributed by atoms with Gasteiger partial charge in [0.1, 0.15) is 6.26 Å². The van der Waals surface area contributed by atoms with Gasteiger partial charge in [0.25, 0.3) is 5.91 Å². The van der Waals surface area contributed by atoms with Crippen LogP contribution in [0.5, 0.6) is 0 Å². The Morgan fingerprint density at radius 3 is 2.75 bits per heavy atom. The molecular weight excluding hydrogens is 302 g/mol. The molecule has 2 aromatic carbocycles. The fourth-order valence-corrected chi connectivity index (χ4v) is 2.75. The summed E-state index contributed by atoms with van der Waals surface area (Å²) in [7, 11) is 0. The first-order valence-corrected chi connectivity index (χ1v) is 7.62. The van der Waals surface area contributed by atoms with Gasteiger partial charge in [0, 0.05) is 0 Å². The zero-order chi connectivity index (χ0) is 16.4. The van der Waals surface area contributed by atoms with Crippen LogP contribution in [0.4, 0.5) is 0 Å². The SMILES string of the molecule is O=C(N[C@H](c1ccccc1)c1ccc2nc[nH]c2c1)c1ccoc1. The summed E-state index contributed by atoms with van der Waals surface area (Å²) >= 11 is 0. The minimum atomic E-state index is -0.263. The van der Waals surface area contributed by atoms with Crippen LogP contribution < -0.4 is 5.32 Å². The third-order valence-corrected chi connectivity index (χ3v) is 3.97. The van der Waals surface area contributed by atoms with Gasteiger partial charge in [-0.15, -0.1) is 0 Å². The second kappa shape index (κ2) is 6.04. The van der Waals surface area contributed by atoms with Gasteiger partial charge in [0.2, 0.25) is 0 Å². The van der Waals surface area contributed by atoms with Gasteiger partial charge >= 0.3 is 0 Å². The quantitative estimate of drug-likeness (QED) is 0.603. The molecule has 4 rings (SSSR count). The Labute approximate surface area is 138 Å². The van der Waals surface area contributed by atoms with Crippen LogP contribution in [0.15, 0.2) is 77.9 Å². The van der Waals surface area contributed by atoms with Gasteiger partial charge in [0.15, 0.2) is 0 Å². The van der Waals surface area contributed by atoms with Crippen molar-refractivity contribution < 1.29 is 9.21 Å². The second-order valence-corrected chi connectivity index (χ2v) is 5.51. The lowest BCUT2D eigenvalue weighted by Crippen LogP contribution is -2.29. The third kappa shape index (κ3) is 2.67. The molecule has 1 atom stereocenters. The summed E-state index contributed by atoms with van der Waals surface area (Å²) in [5, 5.41) is 3.08. The highest BCUT2D eigenvalue weighted by Gasteiger charge is 2.19. The first-order chi connectivity index (χ1) is 11.8. The number of carbonyl (C=O) groups is 1. The number of benzene rings is 2. The Bertz CT molecular complexity index is 959. The standard InChI is InChI=1S/C19H15N3O2/c23-19(15-8-9-24-11-15)22-18(13-4-2-1-3-5-13)14-6-7-16-17(10-14)21-12-20-16/h1-12,18H,(H,20,21)(H,22,23)/t18-/m1/s1. The van der Waals surface area contributed by atoms with Crippen molar-refractivity contribution in [3.63, 3.8) is 0 Å². The monoisotopic (exact) mass is 317 g/mol. The number of hydrogen-bond acceptors (Lipinski definition) is 3. The number of fused-ring (bicyclic) bond motifs is 1. The first-order valence-electron chi connectivity index (χ1n) is 7.62. The molecule has 118 valence electrons. The van der Waals surface area contributed by atoms with Gasteiger partial charge in [-0.1, -0.05) is 36.4 Å².